The summed E-state index contributed by atoms with van der Waals surface area (Å²) in [6.45, 7) is 6.95. The number of amides is 1. The van der Waals surface area contributed by atoms with E-state index in [-0.39, 0.29) is 27.6 Å². The summed E-state index contributed by atoms with van der Waals surface area (Å²) in [5, 5.41) is 35.0. The summed E-state index contributed by atoms with van der Waals surface area (Å²) in [4.78, 5) is 17.4. The second-order valence-corrected chi connectivity index (χ2v) is 19.0. The standard InChI is InChI=1S/C49H56ClN7O7S/c1-57(59,60)46-31-40(13-16-45(46)54-32-35-19-27-63-28-20-35)65(61,62)55-49(58)43-15-12-39(30-48(43)64-47-6-4-5-44-42(47)17-21-53-44)52-23-22-51-33-37-29-34(18-26-56-24-2-3-25-56)7-14-41(37)36-8-10-38(50)11-9-36/h4-17,21,29-31,35,51-54,59H,2-3,18-20,22-28,32-33H2,1H3,(H,55,58). The third kappa shape index (κ3) is 11.9. The highest BCUT2D eigenvalue weighted by atomic mass is 35.5. The number of benzene rings is 5. The molecule has 0 bridgehead atoms. The van der Waals surface area contributed by atoms with Crippen LogP contribution < -0.4 is 30.2 Å². The molecule has 3 heterocycles. The number of halogens is 1. The van der Waals surface area contributed by atoms with Gasteiger partial charge in [0.25, 0.3) is 15.9 Å². The molecule has 0 saturated carbocycles. The van der Waals surface area contributed by atoms with E-state index in [9.17, 15) is 23.6 Å². The Kier molecular flexibility index (Phi) is 14.7. The van der Waals surface area contributed by atoms with Crippen LogP contribution in [-0.4, -0.2) is 88.9 Å². The van der Waals surface area contributed by atoms with E-state index in [0.717, 1.165) is 61.0 Å². The summed E-state index contributed by atoms with van der Waals surface area (Å²) in [6, 6.07) is 30.6. The van der Waals surface area contributed by atoms with Crippen molar-refractivity contribution >= 4 is 55.5 Å². The van der Waals surface area contributed by atoms with Gasteiger partial charge in [-0.3, -0.25) is 4.79 Å². The molecular formula is C49H56ClN7O7S. The normalized spacial score (nSPS) is 15.8. The molecule has 2 fully saturated rings. The molecule has 1 atom stereocenters. The van der Waals surface area contributed by atoms with Crippen molar-refractivity contribution in [2.24, 2.45) is 5.92 Å². The lowest BCUT2D eigenvalue weighted by Crippen LogP contribution is -2.35. The Bertz CT molecular complexity index is 2690. The quantitative estimate of drug-likeness (QED) is 0.0260. The first-order valence-electron chi connectivity index (χ1n) is 22.2. The molecule has 6 N–H and O–H groups in total. The highest BCUT2D eigenvalue weighted by Gasteiger charge is 2.27. The highest BCUT2D eigenvalue weighted by Crippen LogP contribution is 2.35. The summed E-state index contributed by atoms with van der Waals surface area (Å²) in [7, 11) is -3.56. The summed E-state index contributed by atoms with van der Waals surface area (Å²) in [5.41, 5.74) is 6.24. The smallest absolute Gasteiger partial charge is 0.268 e. The number of H-pyrrole nitrogens is 1. The number of aromatic amines is 1. The molecule has 14 nitrogen and oxygen atoms in total. The first-order chi connectivity index (χ1) is 31.4. The summed E-state index contributed by atoms with van der Waals surface area (Å²) in [6.07, 6.45) is 6.99. The number of anilines is 2. The van der Waals surface area contributed by atoms with E-state index in [1.54, 1.807) is 24.4 Å². The zero-order valence-corrected chi connectivity index (χ0v) is 38.0. The molecule has 2 aliphatic rings. The van der Waals surface area contributed by atoms with Gasteiger partial charge < -0.3 is 40.5 Å². The molecule has 65 heavy (non-hydrogen) atoms. The van der Waals surface area contributed by atoms with Crippen molar-refractivity contribution in [2.75, 3.05) is 70.2 Å². The first kappa shape index (κ1) is 46.1. The van der Waals surface area contributed by atoms with Gasteiger partial charge in [0.1, 0.15) is 18.5 Å². The molecule has 5 aromatic carbocycles. The zero-order valence-electron chi connectivity index (χ0n) is 36.4. The topological polar surface area (TPSA) is 180 Å². The predicted molar refractivity (Wildman–Crippen MR) is 257 cm³/mol. The van der Waals surface area contributed by atoms with Crippen LogP contribution in [0.2, 0.25) is 5.02 Å². The molecule has 6 aromatic rings. The first-order valence-corrected chi connectivity index (χ1v) is 24.0. The van der Waals surface area contributed by atoms with Crippen molar-refractivity contribution in [1.29, 1.82) is 0 Å². The molecule has 1 unspecified atom stereocenters. The fraction of sp³-hybridized carbons (Fsp3) is 0.327. The number of hydrogen-bond acceptors (Lipinski definition) is 11. The van der Waals surface area contributed by atoms with Crippen molar-refractivity contribution in [3.8, 4) is 22.6 Å². The largest absolute Gasteiger partial charge is 0.593 e. The number of nitrogens with one attached hydrogen (secondary N) is 5. The Morgan fingerprint density at radius 2 is 1.74 bits per heavy atom. The maximum absolute atomic E-state index is 14.0. The molecule has 1 aromatic heterocycles. The molecule has 0 spiro atoms. The van der Waals surface area contributed by atoms with Crippen molar-refractivity contribution in [3.05, 3.63) is 136 Å². The number of aromatic nitrogens is 1. The van der Waals surface area contributed by atoms with Gasteiger partial charge >= 0.3 is 0 Å². The fourth-order valence-corrected chi connectivity index (χ4v) is 9.56. The van der Waals surface area contributed by atoms with Gasteiger partial charge in [0.15, 0.2) is 5.69 Å². The number of quaternary nitrogens is 1. The summed E-state index contributed by atoms with van der Waals surface area (Å²) < 4.78 is 41.6. The van der Waals surface area contributed by atoms with Crippen molar-refractivity contribution in [1.82, 2.24) is 24.7 Å². The Hall–Kier alpha value is -5.49. The van der Waals surface area contributed by atoms with Gasteiger partial charge in [0.2, 0.25) is 0 Å². The predicted octanol–water partition coefficient (Wildman–Crippen LogP) is 8.90. The third-order valence-corrected chi connectivity index (χ3v) is 13.6. The van der Waals surface area contributed by atoms with E-state index < -0.39 is 20.7 Å². The SMILES string of the molecule is C[N+]([O-])(O)c1cc(S(=O)(=O)NC(=O)c2ccc(NCCNCc3cc(CCN4CCCC4)ccc3-c3ccc(Cl)cc3)cc2Oc2cccc3[nH]ccc23)ccc1NCC1CCOCC1. The van der Waals surface area contributed by atoms with Gasteiger partial charge in [-0.15, -0.1) is 0 Å². The molecule has 2 aliphatic heterocycles. The Labute approximate surface area is 385 Å². The van der Waals surface area contributed by atoms with Gasteiger partial charge in [-0.25, -0.2) is 18.3 Å². The molecular weight excluding hydrogens is 866 g/mol. The molecule has 1 amide bonds. The fourth-order valence-electron chi connectivity index (χ4n) is 8.45. The van der Waals surface area contributed by atoms with Gasteiger partial charge in [-0.2, -0.15) is 4.81 Å². The monoisotopic (exact) mass is 921 g/mol. The van der Waals surface area contributed by atoms with Crippen LogP contribution in [0.15, 0.2) is 114 Å². The number of rotatable bonds is 19. The van der Waals surface area contributed by atoms with Crippen LogP contribution in [0.25, 0.3) is 22.0 Å². The maximum atomic E-state index is 14.0. The Morgan fingerprint density at radius 1 is 0.938 bits per heavy atom. The number of sulfonamides is 1. The second kappa shape index (κ2) is 20.8. The van der Waals surface area contributed by atoms with E-state index in [1.807, 2.05) is 42.5 Å². The molecule has 0 aliphatic carbocycles. The van der Waals surface area contributed by atoms with E-state index >= 15 is 0 Å². The number of carbonyl (C=O) groups is 1. The molecule has 2 saturated heterocycles. The molecule has 342 valence electrons. The summed E-state index contributed by atoms with van der Waals surface area (Å²) in [5.74, 6) is -0.0716. The van der Waals surface area contributed by atoms with Crippen molar-refractivity contribution in [2.45, 2.75) is 43.5 Å². The van der Waals surface area contributed by atoms with Crippen LogP contribution in [0, 0.1) is 11.1 Å². The van der Waals surface area contributed by atoms with Crippen LogP contribution in [0.5, 0.6) is 11.5 Å². The Balaban J connectivity index is 0.969. The number of carbonyl (C=O) groups excluding carboxylic acids is 1. The minimum Gasteiger partial charge on any atom is -0.593 e. The lowest BCUT2D eigenvalue weighted by atomic mass is 9.96. The third-order valence-electron chi connectivity index (χ3n) is 12.1. The average molecular weight is 923 g/mol. The van der Waals surface area contributed by atoms with Crippen molar-refractivity contribution < 1.29 is 27.9 Å². The minimum atomic E-state index is -4.54. The van der Waals surface area contributed by atoms with E-state index in [4.69, 9.17) is 21.1 Å². The van der Waals surface area contributed by atoms with Crippen LogP contribution in [0.3, 0.4) is 0 Å². The zero-order chi connectivity index (χ0) is 45.4. The van der Waals surface area contributed by atoms with Crippen LogP contribution >= 0.6 is 11.6 Å². The average Bonchev–Trinajstić information content (AvgIpc) is 4.02. The number of nitrogens with zero attached hydrogens (tertiary/aromatic N) is 2. The lowest BCUT2D eigenvalue weighted by molar-refractivity contribution is -0.00403. The molecule has 8 rings (SSSR count). The van der Waals surface area contributed by atoms with Gasteiger partial charge in [-0.1, -0.05) is 48.0 Å². The number of fused-ring (bicyclic) bond motifs is 1. The van der Waals surface area contributed by atoms with Crippen LogP contribution in [-0.2, 0) is 27.7 Å². The molecule has 0 radical (unpaired) electrons. The number of hydrogen-bond donors (Lipinski definition) is 6. The maximum Gasteiger partial charge on any atom is 0.268 e. The number of likely N-dealkylation sites (tertiary alicyclic amines) is 1. The highest BCUT2D eigenvalue weighted by molar-refractivity contribution is 7.90. The van der Waals surface area contributed by atoms with Crippen LogP contribution in [0.1, 0.15) is 47.2 Å². The Morgan fingerprint density at radius 3 is 2.52 bits per heavy atom. The number of hydroxylamine groups is 2. The van der Waals surface area contributed by atoms with E-state index in [0.29, 0.717) is 61.8 Å². The van der Waals surface area contributed by atoms with E-state index in [1.165, 1.54) is 55.3 Å². The number of ether oxygens (including phenoxy) is 2. The lowest BCUT2D eigenvalue weighted by Gasteiger charge is -2.31. The van der Waals surface area contributed by atoms with Gasteiger partial charge in [0.05, 0.1) is 16.1 Å². The van der Waals surface area contributed by atoms with Crippen molar-refractivity contribution in [3.63, 3.8) is 0 Å². The van der Waals surface area contributed by atoms with Crippen LogP contribution in [0.4, 0.5) is 17.1 Å². The second-order valence-electron chi connectivity index (χ2n) is 16.8. The van der Waals surface area contributed by atoms with Gasteiger partial charge in [0, 0.05) is 85.9 Å². The minimum absolute atomic E-state index is 0.0364. The summed E-state index contributed by atoms with van der Waals surface area (Å²) >= 11 is 6.23. The van der Waals surface area contributed by atoms with E-state index in [2.05, 4.69) is 48.8 Å². The van der Waals surface area contributed by atoms with Gasteiger partial charge in [-0.05, 0) is 128 Å². The molecule has 16 heteroatoms.